The zero-order chi connectivity index (χ0) is 10.9. The molecule has 0 aliphatic rings. The molecule has 14 heavy (non-hydrogen) atoms. The Labute approximate surface area is 90.6 Å². The summed E-state index contributed by atoms with van der Waals surface area (Å²) in [5, 5.41) is 0. The molecule has 76 valence electrons. The van der Waals surface area contributed by atoms with Gasteiger partial charge in [-0.1, -0.05) is 0 Å². The Morgan fingerprint density at radius 1 is 1.50 bits per heavy atom. The normalized spacial score (nSPS) is 11.4. The monoisotopic (exact) mass is 316 g/mol. The van der Waals surface area contributed by atoms with Crippen molar-refractivity contribution in [2.24, 2.45) is 5.73 Å². The number of halogens is 4. The number of amides is 1. The molecular weight excluding hydrogens is 312 g/mol. The zero-order valence-electron chi connectivity index (χ0n) is 6.60. The van der Waals surface area contributed by atoms with Crippen LogP contribution in [0, 0.1) is 3.57 Å². The largest absolute Gasteiger partial charge is 0.417 e. The van der Waals surface area contributed by atoms with Crippen LogP contribution in [0.15, 0.2) is 12.3 Å². The predicted octanol–water partition coefficient (Wildman–Crippen LogP) is 1.80. The predicted molar refractivity (Wildman–Crippen MR) is 50.5 cm³/mol. The molecule has 0 saturated carbocycles. The number of nitrogens with two attached hydrogens (primary N) is 1. The molecule has 1 aromatic rings. The molecule has 1 aromatic heterocycles. The van der Waals surface area contributed by atoms with E-state index in [1.807, 2.05) is 0 Å². The highest BCUT2D eigenvalue weighted by Gasteiger charge is 2.31. The Bertz CT molecular complexity index is 378. The maximum Gasteiger partial charge on any atom is 0.417 e. The third-order valence-electron chi connectivity index (χ3n) is 1.40. The summed E-state index contributed by atoms with van der Waals surface area (Å²) >= 11 is 1.58. The van der Waals surface area contributed by atoms with E-state index in [-0.39, 0.29) is 9.26 Å². The first-order valence-electron chi connectivity index (χ1n) is 3.35. The Morgan fingerprint density at radius 2 is 2.07 bits per heavy atom. The van der Waals surface area contributed by atoms with Gasteiger partial charge in [0.1, 0.15) is 5.69 Å². The summed E-state index contributed by atoms with van der Waals surface area (Å²) in [5.41, 5.74) is 3.84. The first-order chi connectivity index (χ1) is 6.32. The third-order valence-corrected chi connectivity index (χ3v) is 2.22. The number of hydrogen-bond donors (Lipinski definition) is 1. The van der Waals surface area contributed by atoms with Crippen molar-refractivity contribution in [2.45, 2.75) is 6.18 Å². The summed E-state index contributed by atoms with van der Waals surface area (Å²) in [6.07, 6.45) is -3.87. The molecular formula is C7H4F3IN2O. The maximum absolute atomic E-state index is 12.1. The van der Waals surface area contributed by atoms with Crippen molar-refractivity contribution >= 4 is 28.5 Å². The molecule has 0 aliphatic heterocycles. The number of pyridine rings is 1. The Hall–Kier alpha value is -0.860. The highest BCUT2D eigenvalue weighted by molar-refractivity contribution is 14.1. The fourth-order valence-corrected chi connectivity index (χ4v) is 1.51. The summed E-state index contributed by atoms with van der Waals surface area (Å²) in [4.78, 5) is 14.0. The lowest BCUT2D eigenvalue weighted by atomic mass is 10.2. The van der Waals surface area contributed by atoms with Gasteiger partial charge in [0.05, 0.1) is 5.56 Å². The van der Waals surface area contributed by atoms with Gasteiger partial charge in [0, 0.05) is 9.77 Å². The first kappa shape index (κ1) is 11.2. The Balaban J connectivity index is 3.20. The molecule has 0 aliphatic carbocycles. The molecule has 0 unspecified atom stereocenters. The second kappa shape index (κ2) is 3.71. The van der Waals surface area contributed by atoms with Gasteiger partial charge in [0.15, 0.2) is 0 Å². The van der Waals surface area contributed by atoms with E-state index in [0.717, 1.165) is 6.07 Å². The number of alkyl halides is 3. The maximum atomic E-state index is 12.1. The minimum Gasteiger partial charge on any atom is -0.364 e. The Kier molecular flexibility index (Phi) is 2.98. The molecule has 0 fully saturated rings. The molecule has 0 aromatic carbocycles. The number of rotatable bonds is 1. The molecule has 0 saturated heterocycles. The van der Waals surface area contributed by atoms with Crippen LogP contribution in [0.25, 0.3) is 0 Å². The van der Waals surface area contributed by atoms with Crippen LogP contribution in [-0.2, 0) is 6.18 Å². The van der Waals surface area contributed by atoms with Crippen molar-refractivity contribution in [1.82, 2.24) is 4.98 Å². The van der Waals surface area contributed by atoms with Gasteiger partial charge in [-0.05, 0) is 28.7 Å². The number of carbonyl (C=O) groups is 1. The second-order valence-electron chi connectivity index (χ2n) is 2.42. The van der Waals surface area contributed by atoms with Crippen LogP contribution in [0.4, 0.5) is 13.2 Å². The molecule has 1 rings (SSSR count). The average molecular weight is 316 g/mol. The number of carbonyl (C=O) groups excluding carboxylic acids is 1. The fraction of sp³-hybridized carbons (Fsp3) is 0.143. The lowest BCUT2D eigenvalue weighted by Gasteiger charge is -2.07. The van der Waals surface area contributed by atoms with Crippen LogP contribution in [0.3, 0.4) is 0 Å². The third kappa shape index (κ3) is 2.34. The van der Waals surface area contributed by atoms with Crippen molar-refractivity contribution < 1.29 is 18.0 Å². The summed E-state index contributed by atoms with van der Waals surface area (Å²) in [6, 6.07) is 0.827. The van der Waals surface area contributed by atoms with Gasteiger partial charge in [0.25, 0.3) is 5.91 Å². The van der Waals surface area contributed by atoms with Gasteiger partial charge in [-0.3, -0.25) is 4.79 Å². The van der Waals surface area contributed by atoms with E-state index in [4.69, 9.17) is 5.73 Å². The minimum absolute atomic E-state index is 0.0879. The molecule has 2 N–H and O–H groups in total. The SMILES string of the molecule is NC(=O)c1ncc(C(F)(F)F)cc1I. The van der Waals surface area contributed by atoms with E-state index in [1.54, 1.807) is 22.6 Å². The van der Waals surface area contributed by atoms with E-state index < -0.39 is 17.6 Å². The van der Waals surface area contributed by atoms with Gasteiger partial charge in [-0.25, -0.2) is 4.98 Å². The van der Waals surface area contributed by atoms with Crippen LogP contribution in [0.5, 0.6) is 0 Å². The van der Waals surface area contributed by atoms with Crippen LogP contribution in [-0.4, -0.2) is 10.9 Å². The highest BCUT2D eigenvalue weighted by Crippen LogP contribution is 2.29. The summed E-state index contributed by atoms with van der Waals surface area (Å²) in [7, 11) is 0. The topological polar surface area (TPSA) is 56.0 Å². The van der Waals surface area contributed by atoms with Gasteiger partial charge >= 0.3 is 6.18 Å². The van der Waals surface area contributed by atoms with Gasteiger partial charge in [-0.2, -0.15) is 13.2 Å². The van der Waals surface area contributed by atoms with Crippen molar-refractivity contribution in [3.63, 3.8) is 0 Å². The van der Waals surface area contributed by atoms with Gasteiger partial charge < -0.3 is 5.73 Å². The van der Waals surface area contributed by atoms with E-state index in [0.29, 0.717) is 6.20 Å². The summed E-state index contributed by atoms with van der Waals surface area (Å²) in [6.45, 7) is 0. The van der Waals surface area contributed by atoms with E-state index in [1.165, 1.54) is 0 Å². The molecule has 0 spiro atoms. The van der Waals surface area contributed by atoms with E-state index >= 15 is 0 Å². The molecule has 0 bridgehead atoms. The minimum atomic E-state index is -4.46. The Morgan fingerprint density at radius 3 is 2.43 bits per heavy atom. The smallest absolute Gasteiger partial charge is 0.364 e. The molecule has 7 heteroatoms. The molecule has 0 atom stereocenters. The summed E-state index contributed by atoms with van der Waals surface area (Å²) < 4.78 is 36.5. The van der Waals surface area contributed by atoms with E-state index in [9.17, 15) is 18.0 Å². The standard InChI is InChI=1S/C7H4F3IN2O/c8-7(9,10)3-1-4(11)5(6(12)14)13-2-3/h1-2H,(H2,12,14). The first-order valence-corrected chi connectivity index (χ1v) is 4.43. The summed E-state index contributed by atoms with van der Waals surface area (Å²) in [5.74, 6) is -0.844. The average Bonchev–Trinajstić information content (AvgIpc) is 2.01. The van der Waals surface area contributed by atoms with Crippen molar-refractivity contribution in [3.05, 3.63) is 27.1 Å². The van der Waals surface area contributed by atoms with Crippen LogP contribution >= 0.6 is 22.6 Å². The second-order valence-corrected chi connectivity index (χ2v) is 3.58. The zero-order valence-corrected chi connectivity index (χ0v) is 8.76. The van der Waals surface area contributed by atoms with Crippen LogP contribution in [0.1, 0.15) is 16.1 Å². The molecule has 1 amide bonds. The fourth-order valence-electron chi connectivity index (χ4n) is 0.774. The number of primary amides is 1. The molecule has 1 heterocycles. The van der Waals surface area contributed by atoms with E-state index in [2.05, 4.69) is 4.98 Å². The highest BCUT2D eigenvalue weighted by atomic mass is 127. The van der Waals surface area contributed by atoms with Crippen LogP contribution in [0.2, 0.25) is 0 Å². The number of hydrogen-bond acceptors (Lipinski definition) is 2. The number of aromatic nitrogens is 1. The lowest BCUT2D eigenvalue weighted by Crippen LogP contribution is -2.16. The quantitative estimate of drug-likeness (QED) is 0.803. The van der Waals surface area contributed by atoms with Gasteiger partial charge in [-0.15, -0.1) is 0 Å². The van der Waals surface area contributed by atoms with Crippen molar-refractivity contribution in [2.75, 3.05) is 0 Å². The van der Waals surface area contributed by atoms with Gasteiger partial charge in [0.2, 0.25) is 0 Å². The molecule has 0 radical (unpaired) electrons. The lowest BCUT2D eigenvalue weighted by molar-refractivity contribution is -0.137. The molecule has 3 nitrogen and oxygen atoms in total. The number of nitrogens with zero attached hydrogens (tertiary/aromatic N) is 1. The van der Waals surface area contributed by atoms with Crippen LogP contribution < -0.4 is 5.73 Å². The van der Waals surface area contributed by atoms with Crippen molar-refractivity contribution in [1.29, 1.82) is 0 Å². The van der Waals surface area contributed by atoms with Crippen molar-refractivity contribution in [3.8, 4) is 0 Å².